The third kappa shape index (κ3) is 3.96. The molecule has 3 N–H and O–H groups in total. The number of alkyl halides is 3. The van der Waals surface area contributed by atoms with Crippen molar-refractivity contribution in [3.8, 4) is 0 Å². The molecule has 0 amide bonds. The molecule has 5 heteroatoms. The van der Waals surface area contributed by atoms with Crippen LogP contribution in [-0.2, 0) is 12.7 Å². The molecule has 20 heavy (non-hydrogen) atoms. The molecule has 1 aliphatic carbocycles. The summed E-state index contributed by atoms with van der Waals surface area (Å²) in [5.74, 6) is 0. The predicted octanol–water partition coefficient (Wildman–Crippen LogP) is 3.37. The van der Waals surface area contributed by atoms with Crippen molar-refractivity contribution < 1.29 is 13.2 Å². The number of benzene rings is 1. The molecular formula is C15H21F3N2. The number of halogens is 3. The standard InChI is InChI=1S/C15H21F3N2/c1-10-8-12(15(16,17)18)3-2-11(10)9-20-14-6-4-13(19)5-7-14/h2-3,8,13-14,20H,4-7,9,19H2,1H3. The van der Waals surface area contributed by atoms with Gasteiger partial charge in [-0.25, -0.2) is 0 Å². The largest absolute Gasteiger partial charge is 0.416 e. The first-order valence-electron chi connectivity index (χ1n) is 7.02. The summed E-state index contributed by atoms with van der Waals surface area (Å²) in [7, 11) is 0. The molecule has 112 valence electrons. The minimum Gasteiger partial charge on any atom is -0.328 e. The normalized spacial score (nSPS) is 23.9. The molecule has 2 nitrogen and oxygen atoms in total. The maximum absolute atomic E-state index is 12.6. The second kappa shape index (κ2) is 6.14. The Morgan fingerprint density at radius 1 is 1.20 bits per heavy atom. The number of nitrogens with two attached hydrogens (primary N) is 1. The summed E-state index contributed by atoms with van der Waals surface area (Å²) >= 11 is 0. The van der Waals surface area contributed by atoms with Crippen molar-refractivity contribution in [3.63, 3.8) is 0 Å². The van der Waals surface area contributed by atoms with Gasteiger partial charge in [-0.1, -0.05) is 6.07 Å². The Labute approximate surface area is 117 Å². The third-order valence-electron chi connectivity index (χ3n) is 4.02. The van der Waals surface area contributed by atoms with Crippen LogP contribution in [0.5, 0.6) is 0 Å². The first-order valence-corrected chi connectivity index (χ1v) is 7.02. The Kier molecular flexibility index (Phi) is 4.70. The summed E-state index contributed by atoms with van der Waals surface area (Å²) in [6.07, 6.45) is -0.148. The van der Waals surface area contributed by atoms with Gasteiger partial charge in [-0.2, -0.15) is 13.2 Å². The van der Waals surface area contributed by atoms with Gasteiger partial charge >= 0.3 is 6.18 Å². The number of hydrogen-bond donors (Lipinski definition) is 2. The molecule has 0 aliphatic heterocycles. The van der Waals surface area contributed by atoms with Crippen LogP contribution in [0.1, 0.15) is 42.4 Å². The van der Waals surface area contributed by atoms with E-state index in [1.54, 1.807) is 13.0 Å². The van der Waals surface area contributed by atoms with Crippen LogP contribution < -0.4 is 11.1 Å². The molecule has 0 aromatic heterocycles. The van der Waals surface area contributed by atoms with Crippen LogP contribution in [0.4, 0.5) is 13.2 Å². The number of nitrogens with one attached hydrogen (secondary N) is 1. The Balaban J connectivity index is 1.93. The molecule has 1 saturated carbocycles. The van der Waals surface area contributed by atoms with Gasteiger partial charge < -0.3 is 11.1 Å². The monoisotopic (exact) mass is 286 g/mol. The molecule has 0 unspecified atom stereocenters. The van der Waals surface area contributed by atoms with Gasteiger partial charge in [0, 0.05) is 18.6 Å². The second-order valence-electron chi connectivity index (χ2n) is 5.63. The lowest BCUT2D eigenvalue weighted by Gasteiger charge is -2.27. The highest BCUT2D eigenvalue weighted by Gasteiger charge is 2.30. The van der Waals surface area contributed by atoms with Crippen molar-refractivity contribution in [1.29, 1.82) is 0 Å². The smallest absolute Gasteiger partial charge is 0.328 e. The first kappa shape index (κ1) is 15.3. The van der Waals surface area contributed by atoms with Gasteiger partial charge in [0.15, 0.2) is 0 Å². The Bertz CT molecular complexity index is 449. The van der Waals surface area contributed by atoms with Gasteiger partial charge in [0.25, 0.3) is 0 Å². The van der Waals surface area contributed by atoms with Crippen LogP contribution in [0.25, 0.3) is 0 Å². The maximum Gasteiger partial charge on any atom is 0.416 e. The van der Waals surface area contributed by atoms with Crippen molar-refractivity contribution >= 4 is 0 Å². The average Bonchev–Trinajstić information content (AvgIpc) is 2.38. The molecular weight excluding hydrogens is 265 g/mol. The summed E-state index contributed by atoms with van der Waals surface area (Å²) in [5, 5.41) is 3.42. The molecule has 2 rings (SSSR count). The van der Waals surface area contributed by atoms with Gasteiger partial charge in [0.05, 0.1) is 5.56 Å². The fourth-order valence-electron chi connectivity index (χ4n) is 2.65. The zero-order chi connectivity index (χ0) is 14.8. The maximum atomic E-state index is 12.6. The fourth-order valence-corrected chi connectivity index (χ4v) is 2.65. The number of rotatable bonds is 3. The fraction of sp³-hybridized carbons (Fsp3) is 0.600. The minimum atomic E-state index is -4.27. The van der Waals surface area contributed by atoms with Crippen molar-refractivity contribution in [2.45, 2.75) is 57.4 Å². The van der Waals surface area contributed by atoms with E-state index in [2.05, 4.69) is 5.32 Å². The summed E-state index contributed by atoms with van der Waals surface area (Å²) in [6.45, 7) is 2.34. The van der Waals surface area contributed by atoms with Crippen molar-refractivity contribution in [1.82, 2.24) is 5.32 Å². The highest BCUT2D eigenvalue weighted by Crippen LogP contribution is 2.30. The topological polar surface area (TPSA) is 38.0 Å². The van der Waals surface area contributed by atoms with Crippen molar-refractivity contribution in [3.05, 3.63) is 34.9 Å². The van der Waals surface area contributed by atoms with E-state index in [1.165, 1.54) is 6.07 Å². The van der Waals surface area contributed by atoms with E-state index in [4.69, 9.17) is 5.73 Å². The van der Waals surface area contributed by atoms with Gasteiger partial charge in [-0.05, 0) is 55.9 Å². The molecule has 1 aromatic rings. The lowest BCUT2D eigenvalue weighted by Crippen LogP contribution is -2.37. The van der Waals surface area contributed by atoms with Crippen molar-refractivity contribution in [2.75, 3.05) is 0 Å². The Morgan fingerprint density at radius 2 is 1.85 bits per heavy atom. The van der Waals surface area contributed by atoms with Gasteiger partial charge in [0.1, 0.15) is 0 Å². The van der Waals surface area contributed by atoms with E-state index in [1.807, 2.05) is 0 Å². The second-order valence-corrected chi connectivity index (χ2v) is 5.63. The summed E-state index contributed by atoms with van der Waals surface area (Å²) in [5.41, 5.74) is 6.87. The SMILES string of the molecule is Cc1cc(C(F)(F)F)ccc1CNC1CCC(N)CC1. The molecule has 1 fully saturated rings. The molecule has 1 aromatic carbocycles. The van der Waals surface area contributed by atoms with Crippen molar-refractivity contribution in [2.24, 2.45) is 5.73 Å². The van der Waals surface area contributed by atoms with Crippen LogP contribution in [0, 0.1) is 6.92 Å². The molecule has 0 atom stereocenters. The molecule has 0 heterocycles. The van der Waals surface area contributed by atoms with Crippen LogP contribution in [0.15, 0.2) is 18.2 Å². The van der Waals surface area contributed by atoms with E-state index in [0.717, 1.165) is 37.3 Å². The highest BCUT2D eigenvalue weighted by molar-refractivity contribution is 5.32. The zero-order valence-electron chi connectivity index (χ0n) is 11.6. The molecule has 0 saturated heterocycles. The highest BCUT2D eigenvalue weighted by atomic mass is 19.4. The average molecular weight is 286 g/mol. The van der Waals surface area contributed by atoms with E-state index >= 15 is 0 Å². The Morgan fingerprint density at radius 3 is 2.40 bits per heavy atom. The Hall–Kier alpha value is -1.07. The van der Waals surface area contributed by atoms with Gasteiger partial charge in [-0.3, -0.25) is 0 Å². The van der Waals surface area contributed by atoms with E-state index < -0.39 is 11.7 Å². The zero-order valence-corrected chi connectivity index (χ0v) is 11.6. The van der Waals surface area contributed by atoms with E-state index in [9.17, 15) is 13.2 Å². The van der Waals surface area contributed by atoms with Crippen LogP contribution in [0.2, 0.25) is 0 Å². The summed E-state index contributed by atoms with van der Waals surface area (Å²) in [6, 6.07) is 4.67. The molecule has 0 bridgehead atoms. The number of hydrogen-bond acceptors (Lipinski definition) is 2. The van der Waals surface area contributed by atoms with Gasteiger partial charge in [-0.15, -0.1) is 0 Å². The molecule has 0 spiro atoms. The molecule has 0 radical (unpaired) electrons. The number of aryl methyl sites for hydroxylation is 1. The van der Waals surface area contributed by atoms with Crippen LogP contribution in [-0.4, -0.2) is 12.1 Å². The lowest BCUT2D eigenvalue weighted by molar-refractivity contribution is -0.137. The minimum absolute atomic E-state index is 0.306. The van der Waals surface area contributed by atoms with E-state index in [0.29, 0.717) is 24.2 Å². The third-order valence-corrected chi connectivity index (χ3v) is 4.02. The quantitative estimate of drug-likeness (QED) is 0.894. The lowest BCUT2D eigenvalue weighted by atomic mass is 9.91. The first-order chi connectivity index (χ1) is 9.36. The summed E-state index contributed by atoms with van der Waals surface area (Å²) in [4.78, 5) is 0. The van der Waals surface area contributed by atoms with Crippen LogP contribution >= 0.6 is 0 Å². The molecule has 1 aliphatic rings. The summed E-state index contributed by atoms with van der Waals surface area (Å²) < 4.78 is 37.8. The van der Waals surface area contributed by atoms with Crippen LogP contribution in [0.3, 0.4) is 0 Å². The van der Waals surface area contributed by atoms with E-state index in [-0.39, 0.29) is 0 Å². The van der Waals surface area contributed by atoms with Gasteiger partial charge in [0.2, 0.25) is 0 Å². The predicted molar refractivity (Wildman–Crippen MR) is 73.3 cm³/mol.